The number of hydrogen-bond acceptors (Lipinski definition) is 7. The average molecular weight is 404 g/mol. The highest BCUT2D eigenvalue weighted by molar-refractivity contribution is 5.59. The highest BCUT2D eigenvalue weighted by Crippen LogP contribution is 2.21. The second kappa shape index (κ2) is 8.77. The zero-order valence-electron chi connectivity index (χ0n) is 16.8. The summed E-state index contributed by atoms with van der Waals surface area (Å²) in [6.45, 7) is 4.67. The predicted octanol–water partition coefficient (Wildman–Crippen LogP) is 4.39. The van der Waals surface area contributed by atoms with Crippen LogP contribution >= 0.6 is 0 Å². The van der Waals surface area contributed by atoms with Crippen molar-refractivity contribution in [2.24, 2.45) is 0 Å². The lowest BCUT2D eigenvalue weighted by Gasteiger charge is -2.12. The molecule has 0 aliphatic heterocycles. The highest BCUT2D eigenvalue weighted by atomic mass is 19.1. The van der Waals surface area contributed by atoms with Crippen LogP contribution in [0.25, 0.3) is 22.8 Å². The number of rotatable bonds is 7. The van der Waals surface area contributed by atoms with Gasteiger partial charge in [-0.15, -0.1) is 0 Å². The maximum Gasteiger partial charge on any atom is 0.227 e. The number of anilines is 1. The number of benzene rings is 1. The molecule has 4 aromatic rings. The van der Waals surface area contributed by atoms with Gasteiger partial charge >= 0.3 is 0 Å². The average Bonchev–Trinajstić information content (AvgIpc) is 3.24. The molecule has 0 bridgehead atoms. The molecule has 1 N–H and O–H groups in total. The summed E-state index contributed by atoms with van der Waals surface area (Å²) in [5.41, 5.74) is 3.60. The monoisotopic (exact) mass is 404 g/mol. The molecule has 0 saturated heterocycles. The quantitative estimate of drug-likeness (QED) is 0.457. The number of aryl methyl sites for hydroxylation is 2. The van der Waals surface area contributed by atoms with Gasteiger partial charge in [0.15, 0.2) is 5.82 Å². The van der Waals surface area contributed by atoms with E-state index >= 15 is 0 Å². The number of halogens is 1. The van der Waals surface area contributed by atoms with Gasteiger partial charge in [-0.2, -0.15) is 4.98 Å². The Kier molecular flexibility index (Phi) is 5.74. The first-order valence-electron chi connectivity index (χ1n) is 9.68. The number of nitrogens with one attached hydrogen (secondary N) is 1. The van der Waals surface area contributed by atoms with Gasteiger partial charge in [-0.25, -0.2) is 14.4 Å². The first-order chi connectivity index (χ1) is 14.6. The largest absolute Gasteiger partial charge is 0.370 e. The van der Waals surface area contributed by atoms with Gasteiger partial charge < -0.3 is 9.84 Å². The fourth-order valence-corrected chi connectivity index (χ4v) is 2.95. The van der Waals surface area contributed by atoms with Crippen LogP contribution in [0.15, 0.2) is 53.3 Å². The molecule has 3 aromatic heterocycles. The van der Waals surface area contributed by atoms with Crippen LogP contribution in [0.3, 0.4) is 0 Å². The Balaban J connectivity index is 1.37. The molecule has 3 heterocycles. The van der Waals surface area contributed by atoms with Crippen molar-refractivity contribution in [1.29, 1.82) is 0 Å². The van der Waals surface area contributed by atoms with E-state index < -0.39 is 0 Å². The summed E-state index contributed by atoms with van der Waals surface area (Å²) in [5.74, 6) is 2.19. The molecule has 0 aliphatic rings. The smallest absolute Gasteiger partial charge is 0.227 e. The van der Waals surface area contributed by atoms with Crippen molar-refractivity contribution in [3.63, 3.8) is 0 Å². The summed E-state index contributed by atoms with van der Waals surface area (Å²) in [4.78, 5) is 17.7. The van der Waals surface area contributed by atoms with E-state index in [9.17, 15) is 4.39 Å². The zero-order chi connectivity index (χ0) is 20.9. The van der Waals surface area contributed by atoms with Crippen LogP contribution in [-0.4, -0.2) is 31.6 Å². The number of aromatic nitrogens is 5. The second-order valence-corrected chi connectivity index (χ2v) is 6.89. The van der Waals surface area contributed by atoms with Gasteiger partial charge in [0, 0.05) is 47.7 Å². The number of hydrogen-bond donors (Lipinski definition) is 1. The molecule has 0 fully saturated rings. The summed E-state index contributed by atoms with van der Waals surface area (Å²) < 4.78 is 18.4. The van der Waals surface area contributed by atoms with Crippen LogP contribution < -0.4 is 5.32 Å². The molecule has 0 spiro atoms. The Hall–Kier alpha value is -3.68. The van der Waals surface area contributed by atoms with E-state index in [1.54, 1.807) is 24.5 Å². The van der Waals surface area contributed by atoms with Gasteiger partial charge in [0.1, 0.15) is 11.6 Å². The lowest BCUT2D eigenvalue weighted by Crippen LogP contribution is -2.09. The van der Waals surface area contributed by atoms with Crippen molar-refractivity contribution < 1.29 is 8.91 Å². The Bertz CT molecular complexity index is 1130. The van der Waals surface area contributed by atoms with Crippen LogP contribution in [0.5, 0.6) is 0 Å². The standard InChI is InChI=1S/C22H21FN6O/c1-14-15(2)26-21(17-9-12-24-13-10-17)28-20(14)25-11-3-4-19-27-22(29-30-19)16-5-7-18(23)8-6-16/h5-10,12-13H,3-4,11H2,1-2H3,(H,25,26,28). The summed E-state index contributed by atoms with van der Waals surface area (Å²) in [5, 5.41) is 7.35. The van der Waals surface area contributed by atoms with Crippen molar-refractivity contribution in [2.45, 2.75) is 26.7 Å². The van der Waals surface area contributed by atoms with E-state index in [0.29, 0.717) is 30.5 Å². The molecule has 152 valence electrons. The fraction of sp³-hybridized carbons (Fsp3) is 0.227. The molecule has 0 atom stereocenters. The van der Waals surface area contributed by atoms with Crippen molar-refractivity contribution >= 4 is 5.82 Å². The van der Waals surface area contributed by atoms with E-state index in [2.05, 4.69) is 30.4 Å². The highest BCUT2D eigenvalue weighted by Gasteiger charge is 2.11. The van der Waals surface area contributed by atoms with E-state index in [-0.39, 0.29) is 5.82 Å². The van der Waals surface area contributed by atoms with Gasteiger partial charge in [-0.1, -0.05) is 5.16 Å². The first-order valence-corrected chi connectivity index (χ1v) is 9.68. The summed E-state index contributed by atoms with van der Waals surface area (Å²) in [6, 6.07) is 9.80. The Morgan fingerprint density at radius 2 is 1.63 bits per heavy atom. The van der Waals surface area contributed by atoms with Crippen LogP contribution in [0.4, 0.5) is 10.2 Å². The first kappa shape index (κ1) is 19.6. The maximum absolute atomic E-state index is 13.0. The summed E-state index contributed by atoms with van der Waals surface area (Å²) in [7, 11) is 0. The SMILES string of the molecule is Cc1nc(-c2ccncc2)nc(NCCCc2nc(-c3ccc(F)cc3)no2)c1C. The van der Waals surface area contributed by atoms with Crippen molar-refractivity contribution in [3.8, 4) is 22.8 Å². The van der Waals surface area contributed by atoms with E-state index in [1.807, 2.05) is 26.0 Å². The molecule has 30 heavy (non-hydrogen) atoms. The third-order valence-corrected chi connectivity index (χ3v) is 4.76. The van der Waals surface area contributed by atoms with Crippen LogP contribution in [0.2, 0.25) is 0 Å². The molecule has 0 unspecified atom stereocenters. The van der Waals surface area contributed by atoms with E-state index in [4.69, 9.17) is 4.52 Å². The summed E-state index contributed by atoms with van der Waals surface area (Å²) >= 11 is 0. The van der Waals surface area contributed by atoms with Crippen LogP contribution in [0, 0.1) is 19.7 Å². The molecule has 0 amide bonds. The molecule has 7 nitrogen and oxygen atoms in total. The molecule has 1 aromatic carbocycles. The van der Waals surface area contributed by atoms with Gasteiger partial charge in [0.2, 0.25) is 11.7 Å². The van der Waals surface area contributed by atoms with E-state index in [1.165, 1.54) is 12.1 Å². The number of nitrogens with zero attached hydrogens (tertiary/aromatic N) is 5. The van der Waals surface area contributed by atoms with E-state index in [0.717, 1.165) is 34.6 Å². The summed E-state index contributed by atoms with van der Waals surface area (Å²) in [6.07, 6.45) is 4.87. The van der Waals surface area contributed by atoms with Crippen LogP contribution in [-0.2, 0) is 6.42 Å². The maximum atomic E-state index is 13.0. The lowest BCUT2D eigenvalue weighted by molar-refractivity contribution is 0.377. The van der Waals surface area contributed by atoms with Gasteiger partial charge in [-0.05, 0) is 56.7 Å². The van der Waals surface area contributed by atoms with Gasteiger partial charge in [0.05, 0.1) is 0 Å². The van der Waals surface area contributed by atoms with Gasteiger partial charge in [0.25, 0.3) is 0 Å². The molecule has 0 aliphatic carbocycles. The minimum Gasteiger partial charge on any atom is -0.370 e. The normalized spacial score (nSPS) is 10.9. The fourth-order valence-electron chi connectivity index (χ4n) is 2.95. The van der Waals surface area contributed by atoms with Crippen molar-refractivity contribution in [2.75, 3.05) is 11.9 Å². The third-order valence-electron chi connectivity index (χ3n) is 4.76. The molecule has 0 radical (unpaired) electrons. The van der Waals surface area contributed by atoms with Crippen molar-refractivity contribution in [1.82, 2.24) is 25.1 Å². The van der Waals surface area contributed by atoms with Crippen molar-refractivity contribution in [3.05, 3.63) is 71.8 Å². The Morgan fingerprint density at radius 1 is 0.900 bits per heavy atom. The zero-order valence-corrected chi connectivity index (χ0v) is 16.8. The lowest BCUT2D eigenvalue weighted by atomic mass is 10.2. The topological polar surface area (TPSA) is 89.6 Å². The minimum absolute atomic E-state index is 0.295. The minimum atomic E-state index is -0.295. The Labute approximate surface area is 173 Å². The molecular formula is C22H21FN6O. The molecule has 8 heteroatoms. The molecular weight excluding hydrogens is 383 g/mol. The predicted molar refractivity (Wildman–Crippen MR) is 111 cm³/mol. The Morgan fingerprint density at radius 3 is 2.40 bits per heavy atom. The third kappa shape index (κ3) is 4.48. The number of pyridine rings is 1. The molecule has 0 saturated carbocycles. The van der Waals surface area contributed by atoms with Gasteiger partial charge in [-0.3, -0.25) is 4.98 Å². The van der Waals surface area contributed by atoms with Crippen LogP contribution in [0.1, 0.15) is 23.6 Å². The second-order valence-electron chi connectivity index (χ2n) is 6.89. The molecule has 4 rings (SSSR count).